The molecule has 1 spiro atoms. The molecule has 3 heterocycles. The van der Waals surface area contributed by atoms with Crippen LogP contribution in [0.15, 0.2) is 101 Å². The van der Waals surface area contributed by atoms with Gasteiger partial charge >= 0.3 is 0 Å². The van der Waals surface area contributed by atoms with Gasteiger partial charge in [0.1, 0.15) is 23.0 Å². The molecule has 3 aromatic carbocycles. The maximum Gasteiger partial charge on any atom is 0.187 e. The second kappa shape index (κ2) is 7.67. The first-order valence-corrected chi connectivity index (χ1v) is 12.0. The summed E-state index contributed by atoms with van der Waals surface area (Å²) in [7, 11) is 0. The summed E-state index contributed by atoms with van der Waals surface area (Å²) in [4.78, 5) is 43.1. The summed E-state index contributed by atoms with van der Waals surface area (Å²) < 4.78 is 19.5. The minimum absolute atomic E-state index is 0.253. The predicted molar refractivity (Wildman–Crippen MR) is 132 cm³/mol. The van der Waals surface area contributed by atoms with Gasteiger partial charge in [-0.2, -0.15) is 5.10 Å². The second-order valence-corrected chi connectivity index (χ2v) is 9.54. The molecule has 6 nitrogen and oxygen atoms in total. The zero-order chi connectivity index (χ0) is 25.3. The van der Waals surface area contributed by atoms with Crippen LogP contribution in [0, 0.1) is 11.2 Å². The Morgan fingerprint density at radius 2 is 1.54 bits per heavy atom. The second-order valence-electron chi connectivity index (χ2n) is 9.54. The average Bonchev–Trinajstić information content (AvgIpc) is 3.62. The van der Waals surface area contributed by atoms with Crippen LogP contribution < -0.4 is 0 Å². The topological polar surface area (TPSA) is 79.9 Å². The molecule has 2 aliphatic heterocycles. The van der Waals surface area contributed by atoms with E-state index in [1.165, 1.54) is 30.5 Å². The van der Waals surface area contributed by atoms with Crippen molar-refractivity contribution in [3.8, 4) is 0 Å². The van der Waals surface area contributed by atoms with Crippen LogP contribution in [0.1, 0.15) is 59.9 Å². The largest absolute Gasteiger partial charge is 0.469 e. The quantitative estimate of drug-likeness (QED) is 0.291. The Hall–Kier alpha value is -4.65. The fraction of sp³-hybridized carbons (Fsp3) is 0.133. The lowest BCUT2D eigenvalue weighted by Gasteiger charge is -2.36. The van der Waals surface area contributed by atoms with Crippen molar-refractivity contribution in [2.45, 2.75) is 18.0 Å². The molecule has 1 saturated heterocycles. The third-order valence-corrected chi connectivity index (χ3v) is 7.82. The SMILES string of the molecule is O=C(c1ccc(F)cc1)[C@@H]1[C@@H](c2ccco2)C2(C(=O)c3ccccc3C2=O)[C@@H]2c3ccccc3C=NN12. The van der Waals surface area contributed by atoms with E-state index in [1.807, 2.05) is 24.3 Å². The summed E-state index contributed by atoms with van der Waals surface area (Å²) >= 11 is 0. The molecular weight excluding hydrogens is 471 g/mol. The van der Waals surface area contributed by atoms with E-state index in [-0.39, 0.29) is 22.9 Å². The average molecular weight is 490 g/mol. The first-order valence-electron chi connectivity index (χ1n) is 12.0. The van der Waals surface area contributed by atoms with Crippen molar-refractivity contribution in [1.29, 1.82) is 0 Å². The highest BCUT2D eigenvalue weighted by Crippen LogP contribution is 2.64. The van der Waals surface area contributed by atoms with Gasteiger partial charge in [-0.3, -0.25) is 19.4 Å². The fourth-order valence-electron chi connectivity index (χ4n) is 6.34. The van der Waals surface area contributed by atoms with Crippen LogP contribution in [0.4, 0.5) is 4.39 Å². The van der Waals surface area contributed by atoms with Gasteiger partial charge in [-0.15, -0.1) is 0 Å². The monoisotopic (exact) mass is 490 g/mol. The van der Waals surface area contributed by atoms with E-state index in [0.717, 1.165) is 11.1 Å². The van der Waals surface area contributed by atoms with Crippen LogP contribution in [-0.4, -0.2) is 34.6 Å². The predicted octanol–water partition coefficient (Wildman–Crippen LogP) is 5.22. The third-order valence-electron chi connectivity index (χ3n) is 7.82. The number of fused-ring (bicyclic) bond motifs is 5. The van der Waals surface area contributed by atoms with Gasteiger partial charge < -0.3 is 4.42 Å². The number of benzene rings is 3. The van der Waals surface area contributed by atoms with Crippen molar-refractivity contribution in [2.24, 2.45) is 10.5 Å². The van der Waals surface area contributed by atoms with Crippen LogP contribution in [0.5, 0.6) is 0 Å². The highest BCUT2D eigenvalue weighted by Gasteiger charge is 2.73. The molecule has 180 valence electrons. The summed E-state index contributed by atoms with van der Waals surface area (Å²) in [5, 5.41) is 6.24. The maximum atomic E-state index is 14.4. The molecule has 37 heavy (non-hydrogen) atoms. The van der Waals surface area contributed by atoms with Crippen molar-refractivity contribution in [1.82, 2.24) is 5.01 Å². The molecule has 1 aromatic heterocycles. The first kappa shape index (κ1) is 21.6. The maximum absolute atomic E-state index is 14.4. The molecule has 3 aliphatic rings. The molecule has 0 saturated carbocycles. The van der Waals surface area contributed by atoms with Gasteiger partial charge in [0.2, 0.25) is 0 Å². The number of hydrogen-bond donors (Lipinski definition) is 0. The number of nitrogens with zero attached hydrogens (tertiary/aromatic N) is 2. The number of hydrogen-bond acceptors (Lipinski definition) is 6. The van der Waals surface area contributed by atoms with Crippen molar-refractivity contribution in [2.75, 3.05) is 0 Å². The number of halogens is 1. The number of ketones is 3. The molecule has 0 radical (unpaired) electrons. The lowest BCUT2D eigenvalue weighted by Crippen LogP contribution is -2.43. The Bertz CT molecular complexity index is 1590. The molecule has 7 rings (SSSR count). The van der Waals surface area contributed by atoms with Gasteiger partial charge in [0.25, 0.3) is 0 Å². The number of furan rings is 1. The van der Waals surface area contributed by atoms with Gasteiger partial charge in [-0.1, -0.05) is 48.5 Å². The van der Waals surface area contributed by atoms with E-state index < -0.39 is 29.2 Å². The molecule has 4 aromatic rings. The van der Waals surface area contributed by atoms with Crippen LogP contribution in [-0.2, 0) is 0 Å². The third kappa shape index (κ3) is 2.74. The summed E-state index contributed by atoms with van der Waals surface area (Å²) in [5.74, 6) is -2.19. The smallest absolute Gasteiger partial charge is 0.187 e. The Kier molecular flexibility index (Phi) is 4.48. The fourth-order valence-corrected chi connectivity index (χ4v) is 6.34. The van der Waals surface area contributed by atoms with Crippen LogP contribution >= 0.6 is 0 Å². The van der Waals surface area contributed by atoms with Crippen LogP contribution in [0.3, 0.4) is 0 Å². The van der Waals surface area contributed by atoms with Gasteiger partial charge in [-0.25, -0.2) is 4.39 Å². The summed E-state index contributed by atoms with van der Waals surface area (Å²) in [5.41, 5.74) is 0.723. The summed E-state index contributed by atoms with van der Waals surface area (Å²) in [6, 6.07) is 20.9. The van der Waals surface area contributed by atoms with E-state index in [1.54, 1.807) is 47.6 Å². The minimum atomic E-state index is -1.68. The molecule has 0 N–H and O–H groups in total. The molecule has 1 aliphatic carbocycles. The van der Waals surface area contributed by atoms with E-state index in [0.29, 0.717) is 16.9 Å². The standard InChI is InChI=1S/C30H19FN2O4/c31-19-13-11-17(12-14-19)26(34)25-24(23-10-5-15-37-23)30(28(35)21-8-3-4-9-22(21)29(30)36)27-20-7-2-1-6-18(20)16-32-33(25)27/h1-16,24-25,27H/t24-,25+,27+/m1/s1. The van der Waals surface area contributed by atoms with Gasteiger partial charge in [0.05, 0.1) is 24.4 Å². The normalized spacial score (nSPS) is 22.7. The molecule has 0 unspecified atom stereocenters. The highest BCUT2D eigenvalue weighted by atomic mass is 19.1. The Balaban J connectivity index is 1.54. The number of carbonyl (C=O) groups is 3. The van der Waals surface area contributed by atoms with Crippen LogP contribution in [0.25, 0.3) is 0 Å². The lowest BCUT2D eigenvalue weighted by atomic mass is 9.64. The number of carbonyl (C=O) groups excluding carboxylic acids is 3. The molecular formula is C30H19FN2O4. The molecule has 0 bridgehead atoms. The summed E-state index contributed by atoms with van der Waals surface area (Å²) in [6.07, 6.45) is 3.11. The highest BCUT2D eigenvalue weighted by molar-refractivity contribution is 6.31. The van der Waals surface area contributed by atoms with Gasteiger partial charge in [0.15, 0.2) is 17.3 Å². The lowest BCUT2D eigenvalue weighted by molar-refractivity contribution is 0.0579. The van der Waals surface area contributed by atoms with E-state index >= 15 is 0 Å². The molecule has 0 amide bonds. The van der Waals surface area contributed by atoms with E-state index in [4.69, 9.17) is 4.42 Å². The van der Waals surface area contributed by atoms with Gasteiger partial charge in [0, 0.05) is 16.7 Å². The van der Waals surface area contributed by atoms with Crippen molar-refractivity contribution < 1.29 is 23.2 Å². The number of rotatable bonds is 3. The Morgan fingerprint density at radius 1 is 0.865 bits per heavy atom. The van der Waals surface area contributed by atoms with Crippen molar-refractivity contribution in [3.05, 3.63) is 131 Å². The number of hydrazone groups is 1. The zero-order valence-corrected chi connectivity index (χ0v) is 19.4. The molecule has 7 heteroatoms. The first-order chi connectivity index (χ1) is 18.0. The van der Waals surface area contributed by atoms with E-state index in [2.05, 4.69) is 5.10 Å². The van der Waals surface area contributed by atoms with Crippen molar-refractivity contribution >= 4 is 23.6 Å². The molecule has 1 fully saturated rings. The van der Waals surface area contributed by atoms with Crippen LogP contribution in [0.2, 0.25) is 0 Å². The molecule has 3 atom stereocenters. The Morgan fingerprint density at radius 3 is 2.22 bits per heavy atom. The zero-order valence-electron chi connectivity index (χ0n) is 19.4. The summed E-state index contributed by atoms with van der Waals surface area (Å²) in [6.45, 7) is 0. The van der Waals surface area contributed by atoms with E-state index in [9.17, 15) is 18.8 Å². The Labute approximate surface area is 211 Å². The minimum Gasteiger partial charge on any atom is -0.469 e. The number of Topliss-reactive ketones (excluding diaryl/α,β-unsaturated/α-hetero) is 3. The van der Waals surface area contributed by atoms with Crippen molar-refractivity contribution in [3.63, 3.8) is 0 Å². The van der Waals surface area contributed by atoms with Gasteiger partial charge in [-0.05, 0) is 47.5 Å².